The van der Waals surface area contributed by atoms with Crippen LogP contribution < -0.4 is 33.2 Å². The molecule has 0 spiro atoms. The van der Waals surface area contributed by atoms with Crippen molar-refractivity contribution in [3.05, 3.63) is 0 Å². The molecule has 0 aliphatic carbocycles. The molecule has 14 nitrogen and oxygen atoms in total. The van der Waals surface area contributed by atoms with E-state index in [0.29, 0.717) is 19.4 Å². The molecule has 4 unspecified atom stereocenters. The van der Waals surface area contributed by atoms with Crippen LogP contribution in [0.4, 0.5) is 0 Å². The van der Waals surface area contributed by atoms with Crippen LogP contribution in [0, 0.1) is 5.92 Å². The summed E-state index contributed by atoms with van der Waals surface area (Å²) in [5.74, 6) is -6.47. The maximum Gasteiger partial charge on any atom is 0.326 e. The van der Waals surface area contributed by atoms with Crippen LogP contribution in [0.2, 0.25) is 0 Å². The summed E-state index contributed by atoms with van der Waals surface area (Å²) in [6, 6.07) is -5.20. The molecule has 0 saturated carbocycles. The molecule has 0 heterocycles. The van der Waals surface area contributed by atoms with Crippen molar-refractivity contribution in [2.75, 3.05) is 6.54 Å². The van der Waals surface area contributed by atoms with Crippen molar-refractivity contribution < 1.29 is 39.0 Å². The van der Waals surface area contributed by atoms with Crippen LogP contribution in [0.25, 0.3) is 0 Å². The molecule has 0 aliphatic heterocycles. The van der Waals surface area contributed by atoms with Gasteiger partial charge >= 0.3 is 11.9 Å². The van der Waals surface area contributed by atoms with E-state index in [0.717, 1.165) is 0 Å². The minimum Gasteiger partial charge on any atom is -0.481 e. The highest BCUT2D eigenvalue weighted by Gasteiger charge is 2.32. The molecule has 14 heteroatoms. The first-order valence-corrected chi connectivity index (χ1v) is 10.9. The second kappa shape index (κ2) is 15.6. The van der Waals surface area contributed by atoms with E-state index >= 15 is 0 Å². The lowest BCUT2D eigenvalue weighted by Crippen LogP contribution is -2.58. The second-order valence-corrected chi connectivity index (χ2v) is 8.18. The van der Waals surface area contributed by atoms with Crippen LogP contribution in [0.1, 0.15) is 52.4 Å². The molecule has 4 amide bonds. The van der Waals surface area contributed by atoms with Crippen LogP contribution in [0.5, 0.6) is 0 Å². The smallest absolute Gasteiger partial charge is 0.326 e. The van der Waals surface area contributed by atoms with E-state index in [-0.39, 0.29) is 19.3 Å². The van der Waals surface area contributed by atoms with Gasteiger partial charge in [-0.2, -0.15) is 0 Å². The third-order valence-corrected chi connectivity index (χ3v) is 4.86. The highest BCUT2D eigenvalue weighted by molar-refractivity contribution is 5.95. The minimum atomic E-state index is -1.59. The van der Waals surface area contributed by atoms with Crippen molar-refractivity contribution >= 4 is 35.6 Å². The molecule has 0 radical (unpaired) electrons. The molecular formula is C20H36N6O8. The molecular weight excluding hydrogens is 452 g/mol. The number of unbranched alkanes of at least 4 members (excludes halogenated alkanes) is 1. The average Bonchev–Trinajstić information content (AvgIpc) is 2.73. The van der Waals surface area contributed by atoms with Crippen molar-refractivity contribution in [1.82, 2.24) is 16.0 Å². The average molecular weight is 489 g/mol. The number of carboxylic acid groups (broad SMARTS) is 2. The predicted octanol–water partition coefficient (Wildman–Crippen LogP) is -2.62. The maximum atomic E-state index is 12.9. The number of nitrogens with two attached hydrogens (primary N) is 3. The molecule has 0 aromatic heterocycles. The number of primary amides is 1. The number of carboxylic acids is 2. The SMILES string of the molecule is CC(C)C(NC(=O)C(CC(=O)O)NC(=O)C(CCCCN)NC(=O)C(N)CCC(N)=O)C(=O)O. The molecule has 194 valence electrons. The Hall–Kier alpha value is -3.26. The summed E-state index contributed by atoms with van der Waals surface area (Å²) < 4.78 is 0. The Kier molecular flexibility index (Phi) is 14.1. The zero-order chi connectivity index (χ0) is 26.4. The molecule has 0 rings (SSSR count). The Labute approximate surface area is 197 Å². The molecule has 4 atom stereocenters. The van der Waals surface area contributed by atoms with E-state index in [1.54, 1.807) is 13.8 Å². The van der Waals surface area contributed by atoms with Gasteiger partial charge < -0.3 is 43.4 Å². The van der Waals surface area contributed by atoms with E-state index in [1.165, 1.54) is 0 Å². The van der Waals surface area contributed by atoms with Gasteiger partial charge in [0.2, 0.25) is 23.6 Å². The quantitative estimate of drug-likeness (QED) is 0.0988. The maximum absolute atomic E-state index is 12.9. The summed E-state index contributed by atoms with van der Waals surface area (Å²) in [5, 5.41) is 25.3. The lowest BCUT2D eigenvalue weighted by atomic mass is 10.0. The summed E-state index contributed by atoms with van der Waals surface area (Å²) in [5.41, 5.74) is 16.2. The first kappa shape index (κ1) is 30.7. The van der Waals surface area contributed by atoms with Gasteiger partial charge in [-0.3, -0.25) is 24.0 Å². The highest BCUT2D eigenvalue weighted by atomic mass is 16.4. The van der Waals surface area contributed by atoms with E-state index in [2.05, 4.69) is 16.0 Å². The van der Waals surface area contributed by atoms with Gasteiger partial charge in [-0.15, -0.1) is 0 Å². The summed E-state index contributed by atoms with van der Waals surface area (Å²) in [6.45, 7) is 3.43. The number of carbonyl (C=O) groups excluding carboxylic acids is 4. The van der Waals surface area contributed by atoms with E-state index in [1.807, 2.05) is 0 Å². The van der Waals surface area contributed by atoms with Crippen LogP contribution in [0.15, 0.2) is 0 Å². The highest BCUT2D eigenvalue weighted by Crippen LogP contribution is 2.07. The Morgan fingerprint density at radius 3 is 1.85 bits per heavy atom. The van der Waals surface area contributed by atoms with Crippen LogP contribution in [-0.4, -0.2) is 76.5 Å². The number of nitrogens with one attached hydrogen (secondary N) is 3. The van der Waals surface area contributed by atoms with Crippen LogP contribution >= 0.6 is 0 Å². The topological polar surface area (TPSA) is 257 Å². The lowest BCUT2D eigenvalue weighted by molar-refractivity contribution is -0.144. The molecule has 0 aromatic rings. The zero-order valence-electron chi connectivity index (χ0n) is 19.4. The zero-order valence-corrected chi connectivity index (χ0v) is 19.4. The van der Waals surface area contributed by atoms with E-state index in [4.69, 9.17) is 22.3 Å². The van der Waals surface area contributed by atoms with Crippen molar-refractivity contribution in [1.29, 1.82) is 0 Å². The fourth-order valence-electron chi connectivity index (χ4n) is 2.89. The van der Waals surface area contributed by atoms with Gasteiger partial charge in [-0.1, -0.05) is 13.8 Å². The largest absolute Gasteiger partial charge is 0.481 e. The third-order valence-electron chi connectivity index (χ3n) is 4.86. The van der Waals surface area contributed by atoms with E-state index < -0.39 is 72.1 Å². The second-order valence-electron chi connectivity index (χ2n) is 8.18. The van der Waals surface area contributed by atoms with Gasteiger partial charge in [0.1, 0.15) is 18.1 Å². The molecule has 0 fully saturated rings. The number of amides is 4. The van der Waals surface area contributed by atoms with E-state index in [9.17, 15) is 33.9 Å². The van der Waals surface area contributed by atoms with Crippen molar-refractivity contribution in [3.8, 4) is 0 Å². The van der Waals surface area contributed by atoms with Gasteiger partial charge in [-0.05, 0) is 38.1 Å². The molecule has 34 heavy (non-hydrogen) atoms. The Bertz CT molecular complexity index is 745. The summed E-state index contributed by atoms with van der Waals surface area (Å²) in [6.07, 6.45) is 0.0665. The standard InChI is InChI=1S/C20H36N6O8/c1-10(2)16(20(33)34)26-19(32)13(9-15(28)29)25-18(31)12(5-3-4-8-21)24-17(30)11(22)6-7-14(23)27/h10-13,16H,3-9,21-22H2,1-2H3,(H2,23,27)(H,24,30)(H,25,31)(H,26,32)(H,28,29)(H,33,34). The molecule has 0 aliphatic rings. The van der Waals surface area contributed by atoms with Crippen molar-refractivity contribution in [3.63, 3.8) is 0 Å². The predicted molar refractivity (Wildman–Crippen MR) is 120 cm³/mol. The summed E-state index contributed by atoms with van der Waals surface area (Å²) >= 11 is 0. The summed E-state index contributed by atoms with van der Waals surface area (Å²) in [4.78, 5) is 71.3. The minimum absolute atomic E-state index is 0.0475. The Morgan fingerprint density at radius 1 is 0.824 bits per heavy atom. The first-order valence-electron chi connectivity index (χ1n) is 10.9. The number of rotatable bonds is 17. The summed E-state index contributed by atoms with van der Waals surface area (Å²) in [7, 11) is 0. The monoisotopic (exact) mass is 488 g/mol. The first-order chi connectivity index (χ1) is 15.8. The molecule has 0 aromatic carbocycles. The van der Waals surface area contributed by atoms with Gasteiger partial charge in [0.15, 0.2) is 0 Å². The van der Waals surface area contributed by atoms with Crippen molar-refractivity contribution in [2.24, 2.45) is 23.1 Å². The van der Waals surface area contributed by atoms with Crippen LogP contribution in [-0.2, 0) is 28.8 Å². The number of hydrogen-bond acceptors (Lipinski definition) is 8. The third kappa shape index (κ3) is 12.1. The molecule has 0 bridgehead atoms. The fraction of sp³-hybridized carbons (Fsp3) is 0.700. The Balaban J connectivity index is 5.50. The lowest BCUT2D eigenvalue weighted by Gasteiger charge is -2.25. The van der Waals surface area contributed by atoms with Gasteiger partial charge in [0.25, 0.3) is 0 Å². The normalized spacial score (nSPS) is 14.4. The van der Waals surface area contributed by atoms with Crippen molar-refractivity contribution in [2.45, 2.75) is 76.5 Å². The van der Waals surface area contributed by atoms with Gasteiger partial charge in [-0.25, -0.2) is 4.79 Å². The van der Waals surface area contributed by atoms with Crippen LogP contribution in [0.3, 0.4) is 0 Å². The fourth-order valence-corrected chi connectivity index (χ4v) is 2.89. The number of carbonyl (C=O) groups is 6. The van der Waals surface area contributed by atoms with Gasteiger partial charge in [0, 0.05) is 6.42 Å². The number of aliphatic carboxylic acids is 2. The Morgan fingerprint density at radius 2 is 1.38 bits per heavy atom. The molecule has 11 N–H and O–H groups in total. The number of hydrogen-bond donors (Lipinski definition) is 8. The molecule has 0 saturated heterocycles. The van der Waals surface area contributed by atoms with Gasteiger partial charge in [0.05, 0.1) is 12.5 Å².